The van der Waals surface area contributed by atoms with E-state index in [2.05, 4.69) is 31.3 Å². The van der Waals surface area contributed by atoms with Crippen LogP contribution in [0, 0.1) is 5.41 Å². The van der Waals surface area contributed by atoms with Crippen LogP contribution in [0.3, 0.4) is 0 Å². The molecule has 1 aromatic carbocycles. The molecule has 2 nitrogen and oxygen atoms in total. The Morgan fingerprint density at radius 3 is 2.67 bits per heavy atom. The number of piperidine rings is 1. The van der Waals surface area contributed by atoms with Crippen LogP contribution in [0.1, 0.15) is 31.7 Å². The largest absolute Gasteiger partial charge is 0.381 e. The van der Waals surface area contributed by atoms with Crippen molar-refractivity contribution < 1.29 is 4.74 Å². The fourth-order valence-electron chi connectivity index (χ4n) is 2.96. The molecule has 1 aliphatic heterocycles. The van der Waals surface area contributed by atoms with E-state index in [1.807, 2.05) is 12.1 Å². The monoisotopic (exact) mass is 267 g/mol. The van der Waals surface area contributed by atoms with Gasteiger partial charge in [0.05, 0.1) is 6.10 Å². The molecular formula is C15H22ClNO. The van der Waals surface area contributed by atoms with Crippen molar-refractivity contribution in [3.63, 3.8) is 0 Å². The minimum Gasteiger partial charge on any atom is -0.381 e. The summed E-state index contributed by atoms with van der Waals surface area (Å²) in [6.45, 7) is 6.58. The molecule has 0 aliphatic carbocycles. The number of rotatable bonds is 3. The standard InChI is InChI=1S/C15H22ClNO/c1-11(18-3)15(2)8-9-17-10-14(15)12-4-6-13(16)7-5-12/h4-7,11,14,17H,8-10H2,1-3H3. The van der Waals surface area contributed by atoms with Crippen molar-refractivity contribution in [3.8, 4) is 0 Å². The molecule has 1 aliphatic rings. The highest BCUT2D eigenvalue weighted by molar-refractivity contribution is 6.30. The van der Waals surface area contributed by atoms with Crippen LogP contribution < -0.4 is 5.32 Å². The normalized spacial score (nSPS) is 30.1. The lowest BCUT2D eigenvalue weighted by Gasteiger charge is -2.45. The van der Waals surface area contributed by atoms with Gasteiger partial charge in [-0.25, -0.2) is 0 Å². The van der Waals surface area contributed by atoms with Gasteiger partial charge in [-0.1, -0.05) is 30.7 Å². The Labute approximate surface area is 115 Å². The van der Waals surface area contributed by atoms with Crippen LogP contribution >= 0.6 is 11.6 Å². The maximum Gasteiger partial charge on any atom is 0.0603 e. The lowest BCUT2D eigenvalue weighted by atomic mass is 9.66. The first-order valence-corrected chi connectivity index (χ1v) is 6.94. The third kappa shape index (κ3) is 2.56. The van der Waals surface area contributed by atoms with Crippen molar-refractivity contribution >= 4 is 11.6 Å². The van der Waals surface area contributed by atoms with E-state index in [-0.39, 0.29) is 11.5 Å². The number of methoxy groups -OCH3 is 1. The van der Waals surface area contributed by atoms with Gasteiger partial charge in [-0.05, 0) is 37.6 Å². The molecule has 3 unspecified atom stereocenters. The number of hydrogen-bond acceptors (Lipinski definition) is 2. The molecule has 1 aromatic rings. The summed E-state index contributed by atoms with van der Waals surface area (Å²) in [4.78, 5) is 0. The minimum atomic E-state index is 0.174. The van der Waals surface area contributed by atoms with Crippen LogP contribution in [0.2, 0.25) is 5.02 Å². The number of benzene rings is 1. The highest BCUT2D eigenvalue weighted by atomic mass is 35.5. The van der Waals surface area contributed by atoms with Crippen molar-refractivity contribution in [1.29, 1.82) is 0 Å². The van der Waals surface area contributed by atoms with Gasteiger partial charge in [-0.3, -0.25) is 0 Å². The van der Waals surface area contributed by atoms with Crippen LogP contribution in [0.5, 0.6) is 0 Å². The van der Waals surface area contributed by atoms with Gasteiger partial charge >= 0.3 is 0 Å². The minimum absolute atomic E-state index is 0.174. The van der Waals surface area contributed by atoms with Crippen LogP contribution in [0.4, 0.5) is 0 Å². The van der Waals surface area contributed by atoms with Gasteiger partial charge in [0.25, 0.3) is 0 Å². The SMILES string of the molecule is COC(C)C1(C)CCNCC1c1ccc(Cl)cc1. The summed E-state index contributed by atoms with van der Waals surface area (Å²) < 4.78 is 5.61. The van der Waals surface area contributed by atoms with Crippen molar-refractivity contribution in [3.05, 3.63) is 34.9 Å². The molecule has 1 N–H and O–H groups in total. The fraction of sp³-hybridized carbons (Fsp3) is 0.600. The molecule has 18 heavy (non-hydrogen) atoms. The molecule has 1 fully saturated rings. The molecule has 0 bridgehead atoms. The van der Waals surface area contributed by atoms with E-state index in [0.29, 0.717) is 5.92 Å². The first-order chi connectivity index (χ1) is 8.58. The molecule has 0 aromatic heterocycles. The number of nitrogens with one attached hydrogen (secondary N) is 1. The molecule has 1 heterocycles. The third-order valence-corrected chi connectivity index (χ3v) is 4.79. The smallest absolute Gasteiger partial charge is 0.0603 e. The molecular weight excluding hydrogens is 246 g/mol. The van der Waals surface area contributed by atoms with Gasteiger partial charge in [-0.15, -0.1) is 0 Å². The zero-order valence-electron chi connectivity index (χ0n) is 11.4. The molecule has 1 saturated heterocycles. The summed E-state index contributed by atoms with van der Waals surface area (Å²) >= 11 is 5.97. The van der Waals surface area contributed by atoms with Crippen molar-refractivity contribution in [2.45, 2.75) is 32.3 Å². The summed E-state index contributed by atoms with van der Waals surface area (Å²) in [5.41, 5.74) is 1.52. The molecule has 0 saturated carbocycles. The Balaban J connectivity index is 2.30. The molecule has 3 heteroatoms. The van der Waals surface area contributed by atoms with E-state index in [0.717, 1.165) is 24.5 Å². The number of ether oxygens (including phenoxy) is 1. The average Bonchev–Trinajstić information content (AvgIpc) is 2.39. The highest BCUT2D eigenvalue weighted by Gasteiger charge is 2.41. The van der Waals surface area contributed by atoms with Gasteiger partial charge in [0.15, 0.2) is 0 Å². The van der Waals surface area contributed by atoms with Crippen molar-refractivity contribution in [2.75, 3.05) is 20.2 Å². The predicted octanol–water partition coefficient (Wildman–Crippen LogP) is 3.46. The molecule has 0 radical (unpaired) electrons. The van der Waals surface area contributed by atoms with E-state index < -0.39 is 0 Å². The third-order valence-electron chi connectivity index (χ3n) is 4.54. The van der Waals surface area contributed by atoms with Gasteiger partial charge in [0.2, 0.25) is 0 Å². The Bertz CT molecular complexity index is 392. The first-order valence-electron chi connectivity index (χ1n) is 6.57. The fourth-order valence-corrected chi connectivity index (χ4v) is 3.09. The zero-order chi connectivity index (χ0) is 13.2. The van der Waals surface area contributed by atoms with E-state index >= 15 is 0 Å². The quantitative estimate of drug-likeness (QED) is 0.906. The Hall–Kier alpha value is -0.570. The molecule has 0 amide bonds. The summed E-state index contributed by atoms with van der Waals surface area (Å²) in [6.07, 6.45) is 1.38. The molecule has 100 valence electrons. The van der Waals surface area contributed by atoms with Gasteiger partial charge in [0.1, 0.15) is 0 Å². The van der Waals surface area contributed by atoms with E-state index in [4.69, 9.17) is 16.3 Å². The van der Waals surface area contributed by atoms with E-state index in [9.17, 15) is 0 Å². The highest BCUT2D eigenvalue weighted by Crippen LogP contribution is 2.44. The molecule has 2 rings (SSSR count). The zero-order valence-corrected chi connectivity index (χ0v) is 12.1. The second kappa shape index (κ2) is 5.60. The first kappa shape index (κ1) is 13.9. The van der Waals surface area contributed by atoms with Gasteiger partial charge in [-0.2, -0.15) is 0 Å². The number of halogens is 1. The van der Waals surface area contributed by atoms with E-state index in [1.54, 1.807) is 7.11 Å². The molecule has 3 atom stereocenters. The van der Waals surface area contributed by atoms with Crippen molar-refractivity contribution in [1.82, 2.24) is 5.32 Å². The summed E-state index contributed by atoms with van der Waals surface area (Å²) in [7, 11) is 1.80. The topological polar surface area (TPSA) is 21.3 Å². The van der Waals surface area contributed by atoms with Gasteiger partial charge < -0.3 is 10.1 Å². The summed E-state index contributed by atoms with van der Waals surface area (Å²) in [5.74, 6) is 0.471. The van der Waals surface area contributed by atoms with Gasteiger partial charge in [0, 0.05) is 30.0 Å². The van der Waals surface area contributed by atoms with Crippen LogP contribution in [-0.2, 0) is 4.74 Å². The maximum absolute atomic E-state index is 5.97. The lowest BCUT2D eigenvalue weighted by Crippen LogP contribution is -2.48. The van der Waals surface area contributed by atoms with Crippen LogP contribution in [0.25, 0.3) is 0 Å². The van der Waals surface area contributed by atoms with E-state index in [1.165, 1.54) is 5.56 Å². The molecule has 0 spiro atoms. The second-order valence-electron chi connectivity index (χ2n) is 5.44. The Morgan fingerprint density at radius 1 is 1.39 bits per heavy atom. The Morgan fingerprint density at radius 2 is 2.06 bits per heavy atom. The number of hydrogen-bond donors (Lipinski definition) is 1. The van der Waals surface area contributed by atoms with Crippen LogP contribution in [-0.4, -0.2) is 26.3 Å². The predicted molar refractivity (Wildman–Crippen MR) is 76.3 cm³/mol. The summed E-state index contributed by atoms with van der Waals surface area (Å²) in [5, 5.41) is 4.29. The van der Waals surface area contributed by atoms with Crippen molar-refractivity contribution in [2.24, 2.45) is 5.41 Å². The maximum atomic E-state index is 5.97. The van der Waals surface area contributed by atoms with Crippen LogP contribution in [0.15, 0.2) is 24.3 Å². The Kier molecular flexibility index (Phi) is 4.31. The summed E-state index contributed by atoms with van der Waals surface area (Å²) in [6, 6.07) is 8.23. The second-order valence-corrected chi connectivity index (χ2v) is 5.88. The average molecular weight is 268 g/mol. The lowest BCUT2D eigenvalue weighted by molar-refractivity contribution is -0.0207.